The van der Waals surface area contributed by atoms with Gasteiger partial charge in [-0.2, -0.15) is 0 Å². The molecular formula is C17H26O3Si4. The van der Waals surface area contributed by atoms with Crippen LogP contribution in [-0.4, -0.2) is 44.7 Å². The van der Waals surface area contributed by atoms with Crippen molar-refractivity contribution in [2.24, 2.45) is 0 Å². The summed E-state index contributed by atoms with van der Waals surface area (Å²) in [5.74, 6) is 0.672. The Balaban J connectivity index is 3.46. The van der Waals surface area contributed by atoms with E-state index in [1.54, 1.807) is 0 Å². The Hall–Kier alpha value is -0.452. The van der Waals surface area contributed by atoms with Gasteiger partial charge in [0.2, 0.25) is 29.3 Å². The van der Waals surface area contributed by atoms with Crippen molar-refractivity contribution >= 4 is 44.4 Å². The lowest BCUT2D eigenvalue weighted by molar-refractivity contribution is 0.0935. The highest BCUT2D eigenvalue weighted by Gasteiger charge is 2.23. The number of hydrogen-bond acceptors (Lipinski definition) is 3. The summed E-state index contributed by atoms with van der Waals surface area (Å²) in [5, 5.41) is 0. The molecule has 128 valence electrons. The predicted octanol–water partition coefficient (Wildman–Crippen LogP) is 3.68. The largest absolute Gasteiger partial charge is 0.544 e. The predicted molar refractivity (Wildman–Crippen MR) is 106 cm³/mol. The van der Waals surface area contributed by atoms with Gasteiger partial charge in [0.1, 0.15) is 21.2 Å². The van der Waals surface area contributed by atoms with Gasteiger partial charge in [0, 0.05) is 5.56 Å². The van der Waals surface area contributed by atoms with E-state index in [1.807, 2.05) is 0 Å². The van der Waals surface area contributed by atoms with E-state index in [2.05, 4.69) is 80.9 Å². The average Bonchev–Trinajstić information content (AvgIpc) is 2.50. The van der Waals surface area contributed by atoms with E-state index in [9.17, 15) is 0 Å². The minimum Gasteiger partial charge on any atom is -0.544 e. The van der Waals surface area contributed by atoms with Gasteiger partial charge in [-0.3, -0.25) is 0 Å². The van der Waals surface area contributed by atoms with E-state index in [4.69, 9.17) is 13.3 Å². The number of hydrogen-bond donors (Lipinski definition) is 0. The molecule has 0 aromatic heterocycles. The van der Waals surface area contributed by atoms with Gasteiger partial charge < -0.3 is 13.3 Å². The summed E-state index contributed by atoms with van der Waals surface area (Å²) in [5.41, 5.74) is 9.68. The summed E-state index contributed by atoms with van der Waals surface area (Å²) in [6, 6.07) is 0. The lowest BCUT2D eigenvalue weighted by Crippen LogP contribution is -2.30. The molecule has 0 fully saturated rings. The van der Waals surface area contributed by atoms with Gasteiger partial charge in [-0.1, -0.05) is 5.70 Å². The van der Waals surface area contributed by atoms with Crippen LogP contribution in [0.4, 0.5) is 0 Å². The van der Waals surface area contributed by atoms with E-state index < -0.39 is 8.32 Å². The lowest BCUT2D eigenvalue weighted by atomic mass is 9.90. The number of rotatable bonds is 7. The second kappa shape index (κ2) is 8.77. The van der Waals surface area contributed by atoms with Crippen molar-refractivity contribution in [3.05, 3.63) is 33.5 Å². The summed E-state index contributed by atoms with van der Waals surface area (Å²) < 4.78 is 16.6. The van der Waals surface area contributed by atoms with Gasteiger partial charge in [0.05, 0.1) is 0 Å². The van der Waals surface area contributed by atoms with Crippen LogP contribution in [0.5, 0.6) is 5.75 Å². The van der Waals surface area contributed by atoms with Gasteiger partial charge in [0.15, 0.2) is 0 Å². The Kier molecular flexibility index (Phi) is 7.89. The zero-order chi connectivity index (χ0) is 18.7. The molecule has 0 aliphatic heterocycles. The van der Waals surface area contributed by atoms with Crippen LogP contribution in [0.2, 0.25) is 19.6 Å². The molecule has 0 unspecified atom stereocenters. The molecular weight excluding hydrogens is 365 g/mol. The summed E-state index contributed by atoms with van der Waals surface area (Å²) in [4.78, 5) is 0. The van der Waals surface area contributed by atoms with Crippen molar-refractivity contribution in [1.82, 2.24) is 0 Å². The lowest BCUT2D eigenvalue weighted by Gasteiger charge is -2.27. The van der Waals surface area contributed by atoms with Gasteiger partial charge in [0.25, 0.3) is 0 Å². The molecule has 1 rings (SSSR count). The van der Waals surface area contributed by atoms with Crippen LogP contribution in [0, 0.1) is 27.7 Å². The molecule has 0 aliphatic carbocycles. The molecule has 0 amide bonds. The standard InChI is InChI=1S/C17H26O3Si4/c1-10(9-23-17(18-21)19-22)15-13(4)11(2)12(3)14(5)16(15)20-24(6,7)8/h9,17H,1-8H3/b10-9+. The Labute approximate surface area is 157 Å². The van der Waals surface area contributed by atoms with E-state index in [-0.39, 0.29) is 5.91 Å². The third-order valence-electron chi connectivity index (χ3n) is 4.08. The van der Waals surface area contributed by atoms with E-state index >= 15 is 0 Å². The van der Waals surface area contributed by atoms with Crippen LogP contribution in [0.15, 0.2) is 5.70 Å². The fourth-order valence-corrected chi connectivity index (χ4v) is 4.68. The second-order valence-electron chi connectivity index (χ2n) is 6.98. The molecule has 0 spiro atoms. The number of benzene rings is 1. The molecule has 0 heterocycles. The summed E-state index contributed by atoms with van der Waals surface area (Å²) in [6.07, 6.45) is 0. The van der Waals surface area contributed by atoms with Crippen molar-refractivity contribution in [1.29, 1.82) is 0 Å². The maximum absolute atomic E-state index is 6.48. The zero-order valence-corrected chi connectivity index (χ0v) is 19.9. The second-order valence-corrected chi connectivity index (χ2v) is 13.0. The quantitative estimate of drug-likeness (QED) is 0.525. The van der Waals surface area contributed by atoms with Gasteiger partial charge in [-0.05, 0) is 82.1 Å². The Morgan fingerprint density at radius 2 is 1.46 bits per heavy atom. The van der Waals surface area contributed by atoms with E-state index in [0.29, 0.717) is 9.52 Å². The Morgan fingerprint density at radius 3 is 1.92 bits per heavy atom. The third-order valence-corrected chi connectivity index (χ3v) is 6.91. The fraction of sp³-hybridized carbons (Fsp3) is 0.529. The van der Waals surface area contributed by atoms with Crippen molar-refractivity contribution in [2.45, 2.75) is 60.2 Å². The molecule has 1 aromatic rings. The van der Waals surface area contributed by atoms with Crippen molar-refractivity contribution in [3.8, 4) is 5.75 Å². The van der Waals surface area contributed by atoms with Crippen LogP contribution >= 0.6 is 0 Å². The normalized spacial score (nSPS) is 12.9. The molecule has 0 saturated heterocycles. The first-order valence-corrected chi connectivity index (χ1v) is 13.3. The monoisotopic (exact) mass is 390 g/mol. The molecule has 0 saturated carbocycles. The van der Waals surface area contributed by atoms with E-state index in [1.165, 1.54) is 33.4 Å². The SMILES string of the molecule is C/C(=C\[Si]C(O[Si])O[Si])c1c(C)c(C)c(C)c(C)c1O[Si](C)(C)C. The Morgan fingerprint density at radius 1 is 0.958 bits per heavy atom. The van der Waals surface area contributed by atoms with Crippen molar-refractivity contribution < 1.29 is 13.3 Å². The fourth-order valence-electron chi connectivity index (χ4n) is 2.54. The van der Waals surface area contributed by atoms with Crippen LogP contribution in [0.1, 0.15) is 34.7 Å². The molecule has 0 aliphatic rings. The number of allylic oxidation sites excluding steroid dienone is 1. The molecule has 3 nitrogen and oxygen atoms in total. The molecule has 0 N–H and O–H groups in total. The van der Waals surface area contributed by atoms with Crippen molar-refractivity contribution in [3.63, 3.8) is 0 Å². The average molecular weight is 391 g/mol. The van der Waals surface area contributed by atoms with Gasteiger partial charge >= 0.3 is 0 Å². The van der Waals surface area contributed by atoms with E-state index in [0.717, 1.165) is 5.75 Å². The van der Waals surface area contributed by atoms with Crippen molar-refractivity contribution in [2.75, 3.05) is 0 Å². The van der Waals surface area contributed by atoms with Gasteiger partial charge in [-0.25, -0.2) is 0 Å². The van der Waals surface area contributed by atoms with Crippen LogP contribution in [0.3, 0.4) is 0 Å². The third kappa shape index (κ3) is 5.27. The minimum atomic E-state index is -1.72. The highest BCUT2D eigenvalue weighted by Crippen LogP contribution is 2.38. The topological polar surface area (TPSA) is 27.7 Å². The first-order valence-electron chi connectivity index (χ1n) is 7.90. The molecule has 0 atom stereocenters. The molecule has 0 bridgehead atoms. The molecule has 7 heteroatoms. The molecule has 8 radical (unpaired) electrons. The molecule has 1 aromatic carbocycles. The maximum Gasteiger partial charge on any atom is 0.249 e. The van der Waals surface area contributed by atoms with Gasteiger partial charge in [-0.15, -0.1) is 0 Å². The van der Waals surface area contributed by atoms with Crippen LogP contribution in [0.25, 0.3) is 5.57 Å². The maximum atomic E-state index is 6.48. The summed E-state index contributed by atoms with van der Waals surface area (Å²) in [6.45, 7) is 17.5. The first kappa shape index (κ1) is 21.6. The Bertz CT molecular complexity index is 617. The smallest absolute Gasteiger partial charge is 0.249 e. The summed E-state index contributed by atoms with van der Waals surface area (Å²) in [7, 11) is 4.71. The highest BCUT2D eigenvalue weighted by atomic mass is 28.4. The van der Waals surface area contributed by atoms with Crippen LogP contribution in [-0.2, 0) is 8.85 Å². The minimum absolute atomic E-state index is 0.353. The highest BCUT2D eigenvalue weighted by molar-refractivity contribution is 6.70. The van der Waals surface area contributed by atoms with Crippen LogP contribution < -0.4 is 4.43 Å². The first-order chi connectivity index (χ1) is 11.0. The molecule has 24 heavy (non-hydrogen) atoms. The summed E-state index contributed by atoms with van der Waals surface area (Å²) >= 11 is 0. The zero-order valence-electron chi connectivity index (χ0n) is 15.9.